The lowest BCUT2D eigenvalue weighted by Gasteiger charge is -2.13. The summed E-state index contributed by atoms with van der Waals surface area (Å²) in [7, 11) is 0. The number of allylic oxidation sites excluding steroid dienone is 1. The fourth-order valence-corrected chi connectivity index (χ4v) is 3.32. The molecule has 1 atom stereocenters. The summed E-state index contributed by atoms with van der Waals surface area (Å²) in [5.74, 6) is -1.05. The quantitative estimate of drug-likeness (QED) is 0.520. The molecule has 0 aliphatic carbocycles. The molecule has 1 N–H and O–H groups in total. The van der Waals surface area contributed by atoms with Crippen LogP contribution in [0.4, 0.5) is 4.39 Å². The van der Waals surface area contributed by atoms with Crippen molar-refractivity contribution in [3.8, 4) is 0 Å². The SMILES string of the molecule is O=C1c2ccccc2C(=O)N1CCCC/C=C(\F)C(O)CCc1ccccc1. The predicted molar refractivity (Wildman–Crippen MR) is 106 cm³/mol. The Kier molecular flexibility index (Phi) is 6.71. The Hall–Kier alpha value is -2.79. The molecule has 28 heavy (non-hydrogen) atoms. The summed E-state index contributed by atoms with van der Waals surface area (Å²) in [4.78, 5) is 25.8. The number of aliphatic hydroxyl groups excluding tert-OH is 1. The molecule has 0 spiro atoms. The molecule has 0 radical (unpaired) electrons. The van der Waals surface area contributed by atoms with Gasteiger partial charge in [-0.2, -0.15) is 0 Å². The van der Waals surface area contributed by atoms with Gasteiger partial charge < -0.3 is 5.11 Å². The molecule has 0 saturated carbocycles. The first-order chi connectivity index (χ1) is 13.6. The Balaban J connectivity index is 1.39. The van der Waals surface area contributed by atoms with Crippen molar-refractivity contribution in [3.63, 3.8) is 0 Å². The van der Waals surface area contributed by atoms with Gasteiger partial charge in [0.15, 0.2) is 0 Å². The molecule has 1 unspecified atom stereocenters. The first kappa shape index (κ1) is 20.0. The van der Waals surface area contributed by atoms with Gasteiger partial charge in [-0.15, -0.1) is 0 Å². The Morgan fingerprint density at radius 2 is 1.57 bits per heavy atom. The normalized spacial score (nSPS) is 15.1. The van der Waals surface area contributed by atoms with Crippen LogP contribution in [0.2, 0.25) is 0 Å². The molecule has 1 aliphatic heterocycles. The predicted octanol–water partition coefficient (Wildman–Crippen LogP) is 4.30. The van der Waals surface area contributed by atoms with Crippen molar-refractivity contribution in [1.82, 2.24) is 4.90 Å². The number of unbranched alkanes of at least 4 members (excludes halogenated alkanes) is 2. The highest BCUT2D eigenvalue weighted by Gasteiger charge is 2.34. The molecule has 2 amide bonds. The van der Waals surface area contributed by atoms with Gasteiger partial charge in [0.1, 0.15) is 11.9 Å². The molecule has 1 heterocycles. The molecular formula is C23H24FNO3. The van der Waals surface area contributed by atoms with E-state index in [0.29, 0.717) is 49.8 Å². The zero-order valence-electron chi connectivity index (χ0n) is 15.7. The molecule has 2 aromatic rings. The van der Waals surface area contributed by atoms with E-state index in [-0.39, 0.29) is 11.8 Å². The fourth-order valence-electron chi connectivity index (χ4n) is 3.32. The minimum atomic E-state index is -1.10. The van der Waals surface area contributed by atoms with Gasteiger partial charge in [-0.3, -0.25) is 14.5 Å². The fraction of sp³-hybridized carbons (Fsp3) is 0.304. The Morgan fingerprint density at radius 1 is 0.964 bits per heavy atom. The zero-order valence-corrected chi connectivity index (χ0v) is 15.7. The van der Waals surface area contributed by atoms with Crippen molar-refractivity contribution >= 4 is 11.8 Å². The van der Waals surface area contributed by atoms with Crippen LogP contribution in [-0.2, 0) is 6.42 Å². The van der Waals surface area contributed by atoms with Gasteiger partial charge in [-0.05, 0) is 49.8 Å². The van der Waals surface area contributed by atoms with Gasteiger partial charge in [0.05, 0.1) is 11.1 Å². The van der Waals surface area contributed by atoms with Gasteiger partial charge in [0, 0.05) is 6.54 Å². The van der Waals surface area contributed by atoms with E-state index in [2.05, 4.69) is 0 Å². The second-order valence-electron chi connectivity index (χ2n) is 6.93. The van der Waals surface area contributed by atoms with Gasteiger partial charge >= 0.3 is 0 Å². The maximum atomic E-state index is 14.0. The third kappa shape index (κ3) is 4.73. The van der Waals surface area contributed by atoms with E-state index in [1.54, 1.807) is 24.3 Å². The van der Waals surface area contributed by atoms with Crippen molar-refractivity contribution in [2.45, 2.75) is 38.2 Å². The molecule has 0 saturated heterocycles. The number of hydrogen-bond donors (Lipinski definition) is 1. The van der Waals surface area contributed by atoms with Crippen LogP contribution >= 0.6 is 0 Å². The van der Waals surface area contributed by atoms with Gasteiger partial charge in [-0.1, -0.05) is 48.5 Å². The van der Waals surface area contributed by atoms with E-state index in [0.717, 1.165) is 5.56 Å². The third-order valence-electron chi connectivity index (χ3n) is 4.92. The number of aryl methyl sites for hydroxylation is 1. The average molecular weight is 381 g/mol. The summed E-state index contributed by atoms with van der Waals surface area (Å²) in [6.45, 7) is 0.318. The lowest BCUT2D eigenvalue weighted by molar-refractivity contribution is 0.0652. The number of benzene rings is 2. The van der Waals surface area contributed by atoms with Crippen molar-refractivity contribution < 1.29 is 19.1 Å². The number of fused-ring (bicyclic) bond motifs is 1. The third-order valence-corrected chi connectivity index (χ3v) is 4.92. The summed E-state index contributed by atoms with van der Waals surface area (Å²) in [6, 6.07) is 16.5. The van der Waals surface area contributed by atoms with E-state index >= 15 is 0 Å². The number of carbonyl (C=O) groups is 2. The summed E-state index contributed by atoms with van der Waals surface area (Å²) in [6.07, 6.45) is 2.93. The maximum absolute atomic E-state index is 14.0. The van der Waals surface area contributed by atoms with E-state index in [1.807, 2.05) is 30.3 Å². The van der Waals surface area contributed by atoms with Gasteiger partial charge in [-0.25, -0.2) is 4.39 Å². The number of aliphatic hydroxyl groups is 1. The average Bonchev–Trinajstić information content (AvgIpc) is 2.97. The molecule has 1 aliphatic rings. The summed E-state index contributed by atoms with van der Waals surface area (Å²) >= 11 is 0. The minimum Gasteiger partial charge on any atom is -0.386 e. The molecule has 0 bridgehead atoms. The zero-order chi connectivity index (χ0) is 19.9. The molecule has 3 rings (SSSR count). The molecular weight excluding hydrogens is 357 g/mol. The monoisotopic (exact) mass is 381 g/mol. The van der Waals surface area contributed by atoms with E-state index in [4.69, 9.17) is 0 Å². The van der Waals surface area contributed by atoms with E-state index in [1.165, 1.54) is 11.0 Å². The van der Waals surface area contributed by atoms with Gasteiger partial charge in [0.2, 0.25) is 0 Å². The number of rotatable bonds is 9. The number of carbonyl (C=O) groups excluding carboxylic acids is 2. The van der Waals surface area contributed by atoms with Crippen molar-refractivity contribution in [2.75, 3.05) is 6.54 Å². The summed E-state index contributed by atoms with van der Waals surface area (Å²) in [5, 5.41) is 9.94. The van der Waals surface area contributed by atoms with Crippen LogP contribution in [0, 0.1) is 0 Å². The van der Waals surface area contributed by atoms with Crippen LogP contribution in [0.5, 0.6) is 0 Å². The summed E-state index contributed by atoms with van der Waals surface area (Å²) < 4.78 is 14.0. The number of imide groups is 1. The van der Waals surface area contributed by atoms with Crippen LogP contribution < -0.4 is 0 Å². The maximum Gasteiger partial charge on any atom is 0.261 e. The first-order valence-electron chi connectivity index (χ1n) is 9.60. The van der Waals surface area contributed by atoms with Crippen LogP contribution in [0.15, 0.2) is 66.5 Å². The number of nitrogens with zero attached hydrogens (tertiary/aromatic N) is 1. The van der Waals surface area contributed by atoms with Crippen LogP contribution in [0.3, 0.4) is 0 Å². The number of halogens is 1. The Labute approximate surface area is 164 Å². The Bertz CT molecular complexity index is 828. The lowest BCUT2D eigenvalue weighted by atomic mass is 10.1. The minimum absolute atomic E-state index is 0.265. The van der Waals surface area contributed by atoms with Crippen molar-refractivity contribution in [1.29, 1.82) is 0 Å². The highest BCUT2D eigenvalue weighted by Crippen LogP contribution is 2.23. The van der Waals surface area contributed by atoms with Crippen LogP contribution in [0.1, 0.15) is 52.0 Å². The highest BCUT2D eigenvalue weighted by molar-refractivity contribution is 6.21. The number of amides is 2. The van der Waals surface area contributed by atoms with Crippen LogP contribution in [-0.4, -0.2) is 34.5 Å². The topological polar surface area (TPSA) is 57.6 Å². The smallest absolute Gasteiger partial charge is 0.261 e. The van der Waals surface area contributed by atoms with Crippen molar-refractivity contribution in [2.24, 2.45) is 0 Å². The highest BCUT2D eigenvalue weighted by atomic mass is 19.1. The van der Waals surface area contributed by atoms with Gasteiger partial charge in [0.25, 0.3) is 11.8 Å². The second kappa shape index (κ2) is 9.42. The van der Waals surface area contributed by atoms with E-state index in [9.17, 15) is 19.1 Å². The van der Waals surface area contributed by atoms with Crippen LogP contribution in [0.25, 0.3) is 0 Å². The molecule has 4 nitrogen and oxygen atoms in total. The largest absolute Gasteiger partial charge is 0.386 e. The standard InChI is InChI=1S/C23H24FNO3/c24-20(21(26)15-14-17-9-3-1-4-10-17)13-5-2-8-16-25-22(27)18-11-6-7-12-19(18)23(25)28/h1,3-4,6-7,9-13,21,26H,2,5,8,14-16H2/b20-13-. The molecule has 0 fully saturated rings. The summed E-state index contributed by atoms with van der Waals surface area (Å²) in [5.41, 5.74) is 1.95. The van der Waals surface area contributed by atoms with E-state index < -0.39 is 11.9 Å². The lowest BCUT2D eigenvalue weighted by Crippen LogP contribution is -2.30. The molecule has 5 heteroatoms. The molecule has 0 aromatic heterocycles. The number of hydrogen-bond acceptors (Lipinski definition) is 3. The molecule has 146 valence electrons. The first-order valence-corrected chi connectivity index (χ1v) is 9.60. The Morgan fingerprint density at radius 3 is 2.21 bits per heavy atom. The van der Waals surface area contributed by atoms with Crippen molar-refractivity contribution in [3.05, 3.63) is 83.2 Å². The molecule has 2 aromatic carbocycles. The second-order valence-corrected chi connectivity index (χ2v) is 6.93.